The largest absolute Gasteiger partial charge is 0.452 e. The molecule has 1 amide bonds. The zero-order chi connectivity index (χ0) is 24.9. The molecule has 0 radical (unpaired) electrons. The van der Waals surface area contributed by atoms with Gasteiger partial charge < -0.3 is 15.0 Å². The molecule has 11 heteroatoms. The topological polar surface area (TPSA) is 96.0 Å². The Morgan fingerprint density at radius 2 is 1.79 bits per heavy atom. The molecule has 0 spiro atoms. The molecule has 1 fully saturated rings. The number of anilines is 1. The Morgan fingerprint density at radius 1 is 1.09 bits per heavy atom. The highest BCUT2D eigenvalue weighted by Crippen LogP contribution is 2.29. The van der Waals surface area contributed by atoms with Crippen molar-refractivity contribution in [2.75, 3.05) is 45.2 Å². The maximum atomic E-state index is 12.9. The summed E-state index contributed by atoms with van der Waals surface area (Å²) in [6, 6.07) is 9.54. The number of ether oxygens (including phenoxy) is 1. The van der Waals surface area contributed by atoms with Gasteiger partial charge in [-0.15, -0.1) is 0 Å². The SMILES string of the molecule is CN(C)S(=O)(=O)c1ccc(N2CCCC2)c(C(=O)OCC(=O)NCCc2ccc(Cl)cc2Cl)c1. The van der Waals surface area contributed by atoms with Gasteiger partial charge in [0.25, 0.3) is 5.91 Å². The second-order valence-electron chi connectivity index (χ2n) is 8.07. The lowest BCUT2D eigenvalue weighted by atomic mass is 10.1. The average molecular weight is 528 g/mol. The first kappa shape index (κ1) is 26.3. The van der Waals surface area contributed by atoms with Gasteiger partial charge in [-0.2, -0.15) is 0 Å². The second kappa shape index (κ2) is 11.4. The Kier molecular flexibility index (Phi) is 8.81. The average Bonchev–Trinajstić information content (AvgIpc) is 3.33. The summed E-state index contributed by atoms with van der Waals surface area (Å²) >= 11 is 12.0. The molecule has 2 aromatic carbocycles. The molecule has 0 atom stereocenters. The van der Waals surface area contributed by atoms with Crippen LogP contribution in [0.25, 0.3) is 0 Å². The quantitative estimate of drug-likeness (QED) is 0.502. The Bertz CT molecular complexity index is 1170. The number of carbonyl (C=O) groups excluding carboxylic acids is 2. The van der Waals surface area contributed by atoms with Crippen molar-refractivity contribution in [2.24, 2.45) is 0 Å². The minimum Gasteiger partial charge on any atom is -0.452 e. The Morgan fingerprint density at radius 3 is 2.44 bits per heavy atom. The molecule has 0 unspecified atom stereocenters. The molecule has 1 saturated heterocycles. The van der Waals surface area contributed by atoms with Crippen LogP contribution in [0.2, 0.25) is 10.0 Å². The minimum atomic E-state index is -3.74. The third-order valence-corrected chi connectivity index (χ3v) is 7.88. The highest BCUT2D eigenvalue weighted by Gasteiger charge is 2.25. The molecule has 3 rings (SSSR count). The lowest BCUT2D eigenvalue weighted by Gasteiger charge is -2.22. The molecule has 1 heterocycles. The van der Waals surface area contributed by atoms with Gasteiger partial charge in [0.15, 0.2) is 6.61 Å². The maximum Gasteiger partial charge on any atom is 0.340 e. The normalized spacial score (nSPS) is 13.9. The number of halogens is 2. The van der Waals surface area contributed by atoms with E-state index in [0.717, 1.165) is 35.8 Å². The molecule has 0 aliphatic carbocycles. The molecule has 1 aliphatic rings. The van der Waals surface area contributed by atoms with E-state index in [1.165, 1.54) is 26.2 Å². The van der Waals surface area contributed by atoms with Crippen molar-refractivity contribution in [1.29, 1.82) is 0 Å². The van der Waals surface area contributed by atoms with Crippen LogP contribution in [-0.2, 0) is 26.0 Å². The highest BCUT2D eigenvalue weighted by atomic mass is 35.5. The Balaban J connectivity index is 1.65. The molecule has 1 aliphatic heterocycles. The molecule has 2 aromatic rings. The number of hydrogen-bond donors (Lipinski definition) is 1. The first-order valence-electron chi connectivity index (χ1n) is 10.8. The van der Waals surface area contributed by atoms with Crippen molar-refractivity contribution in [3.8, 4) is 0 Å². The van der Waals surface area contributed by atoms with Crippen LogP contribution in [0.3, 0.4) is 0 Å². The smallest absolute Gasteiger partial charge is 0.340 e. The fourth-order valence-corrected chi connectivity index (χ4v) is 5.04. The number of benzene rings is 2. The van der Waals surface area contributed by atoms with Gasteiger partial charge in [-0.25, -0.2) is 17.5 Å². The van der Waals surface area contributed by atoms with Crippen molar-refractivity contribution < 1.29 is 22.7 Å². The third kappa shape index (κ3) is 6.41. The number of hydrogen-bond acceptors (Lipinski definition) is 6. The van der Waals surface area contributed by atoms with Crippen LogP contribution in [0.4, 0.5) is 5.69 Å². The number of nitrogens with one attached hydrogen (secondary N) is 1. The molecule has 0 saturated carbocycles. The van der Waals surface area contributed by atoms with Gasteiger partial charge in [0.2, 0.25) is 10.0 Å². The van der Waals surface area contributed by atoms with E-state index in [2.05, 4.69) is 5.32 Å². The van der Waals surface area contributed by atoms with E-state index in [4.69, 9.17) is 27.9 Å². The summed E-state index contributed by atoms with van der Waals surface area (Å²) in [5.41, 5.74) is 1.54. The molecule has 34 heavy (non-hydrogen) atoms. The van der Waals surface area contributed by atoms with E-state index in [-0.39, 0.29) is 10.5 Å². The number of carbonyl (C=O) groups is 2. The van der Waals surface area contributed by atoms with Crippen molar-refractivity contribution in [1.82, 2.24) is 9.62 Å². The Hall–Kier alpha value is -2.33. The van der Waals surface area contributed by atoms with Crippen molar-refractivity contribution in [2.45, 2.75) is 24.2 Å². The summed E-state index contributed by atoms with van der Waals surface area (Å²) in [5, 5.41) is 3.72. The number of sulfonamides is 1. The minimum absolute atomic E-state index is 0.0170. The van der Waals surface area contributed by atoms with Gasteiger partial charge in [-0.3, -0.25) is 4.79 Å². The molecule has 0 bridgehead atoms. The first-order valence-corrected chi connectivity index (χ1v) is 13.0. The zero-order valence-electron chi connectivity index (χ0n) is 19.0. The summed E-state index contributed by atoms with van der Waals surface area (Å²) in [7, 11) is -0.901. The fourth-order valence-electron chi connectivity index (χ4n) is 3.60. The lowest BCUT2D eigenvalue weighted by molar-refractivity contribution is -0.124. The number of amides is 1. The van der Waals surface area contributed by atoms with E-state index in [0.29, 0.717) is 28.7 Å². The predicted molar refractivity (Wildman–Crippen MR) is 132 cm³/mol. The molecular weight excluding hydrogens is 501 g/mol. The standard InChI is InChI=1S/C23H27Cl2N3O5S/c1-27(2)34(31,32)18-7-8-21(28-11-3-4-12-28)19(14-18)23(30)33-15-22(29)26-10-9-16-5-6-17(24)13-20(16)25/h5-8,13-14H,3-4,9-12,15H2,1-2H3,(H,26,29). The predicted octanol–water partition coefficient (Wildman–Crippen LogP) is 3.36. The molecule has 1 N–H and O–H groups in total. The van der Waals surface area contributed by atoms with E-state index in [1.807, 2.05) is 4.90 Å². The molecule has 184 valence electrons. The number of esters is 1. The third-order valence-electron chi connectivity index (χ3n) is 5.48. The van der Waals surface area contributed by atoms with Crippen LogP contribution in [-0.4, -0.2) is 64.9 Å². The van der Waals surface area contributed by atoms with Crippen LogP contribution in [0.1, 0.15) is 28.8 Å². The van der Waals surface area contributed by atoms with Gasteiger partial charge in [0.1, 0.15) is 0 Å². The molecule has 8 nitrogen and oxygen atoms in total. The number of rotatable bonds is 9. The van der Waals surface area contributed by atoms with Crippen LogP contribution in [0.5, 0.6) is 0 Å². The molecular formula is C23H27Cl2N3O5S. The monoisotopic (exact) mass is 527 g/mol. The van der Waals surface area contributed by atoms with Crippen molar-refractivity contribution >= 4 is 50.8 Å². The summed E-state index contributed by atoms with van der Waals surface area (Å²) in [6.07, 6.45) is 2.44. The Labute approximate surface area is 209 Å². The highest BCUT2D eigenvalue weighted by molar-refractivity contribution is 7.89. The van der Waals surface area contributed by atoms with Crippen LogP contribution in [0.15, 0.2) is 41.3 Å². The summed E-state index contributed by atoms with van der Waals surface area (Å²) in [6.45, 7) is 1.33. The van der Waals surface area contributed by atoms with Crippen molar-refractivity contribution in [3.05, 3.63) is 57.6 Å². The van der Waals surface area contributed by atoms with Gasteiger partial charge in [0, 0.05) is 43.8 Å². The first-order chi connectivity index (χ1) is 16.1. The van der Waals surface area contributed by atoms with Gasteiger partial charge in [-0.05, 0) is 55.2 Å². The van der Waals surface area contributed by atoms with E-state index < -0.39 is 28.5 Å². The van der Waals surface area contributed by atoms with Gasteiger partial charge in [-0.1, -0.05) is 29.3 Å². The van der Waals surface area contributed by atoms with Crippen LogP contribution >= 0.6 is 23.2 Å². The maximum absolute atomic E-state index is 12.9. The van der Waals surface area contributed by atoms with E-state index in [1.54, 1.807) is 24.3 Å². The second-order valence-corrected chi connectivity index (χ2v) is 11.1. The van der Waals surface area contributed by atoms with E-state index in [9.17, 15) is 18.0 Å². The summed E-state index contributed by atoms with van der Waals surface area (Å²) in [5.74, 6) is -1.23. The van der Waals surface area contributed by atoms with Gasteiger partial charge >= 0.3 is 5.97 Å². The van der Waals surface area contributed by atoms with Gasteiger partial charge in [0.05, 0.1) is 16.1 Å². The summed E-state index contributed by atoms with van der Waals surface area (Å²) in [4.78, 5) is 27.1. The zero-order valence-corrected chi connectivity index (χ0v) is 21.3. The van der Waals surface area contributed by atoms with E-state index >= 15 is 0 Å². The summed E-state index contributed by atoms with van der Waals surface area (Å²) < 4.78 is 31.4. The lowest BCUT2D eigenvalue weighted by Crippen LogP contribution is -2.31. The van der Waals surface area contributed by atoms with Crippen molar-refractivity contribution in [3.63, 3.8) is 0 Å². The molecule has 0 aromatic heterocycles. The van der Waals surface area contributed by atoms with Crippen LogP contribution in [0, 0.1) is 0 Å². The fraction of sp³-hybridized carbons (Fsp3) is 0.391. The number of nitrogens with zero attached hydrogens (tertiary/aromatic N) is 2. The van der Waals surface area contributed by atoms with Crippen LogP contribution < -0.4 is 10.2 Å².